The molecule has 0 saturated carbocycles. The molecule has 1 amide bonds. The van der Waals surface area contributed by atoms with Crippen LogP contribution >= 0.6 is 0 Å². The molecular weight excluding hydrogens is 400 g/mol. The van der Waals surface area contributed by atoms with Crippen LogP contribution in [0.15, 0.2) is 103 Å². The first kappa shape index (κ1) is 21.0. The Morgan fingerprint density at radius 1 is 0.875 bits per heavy atom. The van der Waals surface area contributed by atoms with Gasteiger partial charge in [0, 0.05) is 34.9 Å². The van der Waals surface area contributed by atoms with Crippen molar-refractivity contribution in [2.45, 2.75) is 6.42 Å². The van der Waals surface area contributed by atoms with Gasteiger partial charge in [-0.3, -0.25) is 15.0 Å². The zero-order chi connectivity index (χ0) is 22.3. The molecule has 0 radical (unpaired) electrons. The van der Waals surface area contributed by atoms with Crippen LogP contribution in [0, 0.1) is 0 Å². The van der Waals surface area contributed by atoms with Crippen molar-refractivity contribution in [2.75, 3.05) is 0 Å². The average molecular weight is 422 g/mol. The number of para-hydroxylation sites is 1. The first-order chi connectivity index (χ1) is 15.7. The summed E-state index contributed by atoms with van der Waals surface area (Å²) < 4.78 is 1.76. The molecule has 0 saturated heterocycles. The van der Waals surface area contributed by atoms with E-state index in [2.05, 4.69) is 5.43 Å². The van der Waals surface area contributed by atoms with E-state index in [0.717, 1.165) is 11.3 Å². The molecule has 6 heteroatoms. The fraction of sp³-hybridized carbons (Fsp3) is 0.0385. The van der Waals surface area contributed by atoms with E-state index in [1.807, 2.05) is 72.9 Å². The van der Waals surface area contributed by atoms with E-state index in [1.165, 1.54) is 0 Å². The number of nitrogens with two attached hydrogens (primary N) is 1. The third-order valence-electron chi connectivity index (χ3n) is 5.01. The minimum absolute atomic E-state index is 0.0855. The minimum atomic E-state index is -0.513. The summed E-state index contributed by atoms with van der Waals surface area (Å²) in [5.74, 6) is 4.73. The molecule has 0 bridgehead atoms. The highest BCUT2D eigenvalue weighted by Crippen LogP contribution is 2.26. The molecule has 6 nitrogen and oxygen atoms in total. The second-order valence-electron chi connectivity index (χ2n) is 7.19. The molecule has 0 atom stereocenters. The second kappa shape index (κ2) is 9.68. The Bertz CT molecular complexity index is 1250. The molecule has 32 heavy (non-hydrogen) atoms. The predicted molar refractivity (Wildman–Crippen MR) is 125 cm³/mol. The van der Waals surface area contributed by atoms with E-state index in [-0.39, 0.29) is 17.8 Å². The largest absolute Gasteiger partial charge is 0.294 e. The summed E-state index contributed by atoms with van der Waals surface area (Å²) >= 11 is 0. The molecule has 0 unspecified atom stereocenters. The lowest BCUT2D eigenvalue weighted by atomic mass is 9.99. The van der Waals surface area contributed by atoms with Gasteiger partial charge in [-0.05, 0) is 18.2 Å². The number of nitrogens with one attached hydrogen (secondary N) is 1. The van der Waals surface area contributed by atoms with E-state index in [1.54, 1.807) is 35.0 Å². The Labute approximate surface area is 186 Å². The molecule has 1 aromatic heterocycles. The average Bonchev–Trinajstić information content (AvgIpc) is 3.28. The Kier molecular flexibility index (Phi) is 6.34. The maximum atomic E-state index is 12.8. The van der Waals surface area contributed by atoms with Crippen LogP contribution in [0.1, 0.15) is 22.3 Å². The summed E-state index contributed by atoms with van der Waals surface area (Å²) in [4.78, 5) is 25.3. The number of hydrogen-bond donors (Lipinski definition) is 2. The van der Waals surface area contributed by atoms with Gasteiger partial charge in [0.2, 0.25) is 0 Å². The van der Waals surface area contributed by atoms with Gasteiger partial charge < -0.3 is 0 Å². The van der Waals surface area contributed by atoms with Crippen molar-refractivity contribution >= 4 is 17.8 Å². The molecule has 4 aromatic rings. The predicted octanol–water partition coefficient (Wildman–Crippen LogP) is 4.19. The molecule has 0 spiro atoms. The van der Waals surface area contributed by atoms with Crippen LogP contribution in [0.5, 0.6) is 0 Å². The van der Waals surface area contributed by atoms with Gasteiger partial charge in [0.05, 0.1) is 11.4 Å². The monoisotopic (exact) mass is 422 g/mol. The zero-order valence-electron chi connectivity index (χ0n) is 17.3. The van der Waals surface area contributed by atoms with Crippen molar-refractivity contribution in [3.05, 3.63) is 114 Å². The molecular formula is C26H22N4O2. The fourth-order valence-corrected chi connectivity index (χ4v) is 3.40. The third-order valence-corrected chi connectivity index (χ3v) is 5.01. The molecule has 0 aliphatic rings. The quantitative estimate of drug-likeness (QED) is 0.154. The van der Waals surface area contributed by atoms with Gasteiger partial charge >= 0.3 is 0 Å². The molecule has 0 aliphatic heterocycles. The summed E-state index contributed by atoms with van der Waals surface area (Å²) in [7, 11) is 0. The van der Waals surface area contributed by atoms with Gasteiger partial charge in [-0.25, -0.2) is 10.5 Å². The number of hydrogen-bond acceptors (Lipinski definition) is 4. The highest BCUT2D eigenvalue weighted by atomic mass is 16.2. The number of benzene rings is 3. The normalized spacial score (nSPS) is 11.2. The van der Waals surface area contributed by atoms with Crippen molar-refractivity contribution < 1.29 is 9.59 Å². The van der Waals surface area contributed by atoms with Gasteiger partial charge in [0.25, 0.3) is 5.91 Å². The number of amides is 1. The highest BCUT2D eigenvalue weighted by molar-refractivity contribution is 6.07. The number of carbonyl (C=O) groups excluding carboxylic acids is 2. The van der Waals surface area contributed by atoms with Crippen LogP contribution in [0.3, 0.4) is 0 Å². The molecule has 4 rings (SSSR count). The van der Waals surface area contributed by atoms with Gasteiger partial charge in [-0.15, -0.1) is 0 Å². The first-order valence-electron chi connectivity index (χ1n) is 10.2. The molecule has 3 aromatic carbocycles. The summed E-state index contributed by atoms with van der Waals surface area (Å²) in [6.07, 6.45) is 3.43. The fourth-order valence-electron chi connectivity index (χ4n) is 3.40. The number of hydrazine groups is 1. The highest BCUT2D eigenvalue weighted by Gasteiger charge is 2.18. The molecule has 1 heterocycles. The molecule has 0 aliphatic carbocycles. The molecule has 3 N–H and O–H groups in total. The number of Topliss-reactive ketones (excluding diaryl/α,β-unsaturated/α-hetero) is 1. The Morgan fingerprint density at radius 3 is 2.09 bits per heavy atom. The smallest absolute Gasteiger partial charge is 0.261 e. The molecule has 0 fully saturated rings. The number of aromatic nitrogens is 2. The van der Waals surface area contributed by atoms with Crippen molar-refractivity contribution in [2.24, 2.45) is 5.84 Å². The van der Waals surface area contributed by atoms with Crippen LogP contribution < -0.4 is 11.3 Å². The van der Waals surface area contributed by atoms with E-state index >= 15 is 0 Å². The second-order valence-corrected chi connectivity index (χ2v) is 7.19. The zero-order valence-corrected chi connectivity index (χ0v) is 17.3. The van der Waals surface area contributed by atoms with Crippen molar-refractivity contribution in [3.63, 3.8) is 0 Å². The lowest BCUT2D eigenvalue weighted by Crippen LogP contribution is -2.32. The maximum Gasteiger partial charge on any atom is 0.261 e. The van der Waals surface area contributed by atoms with Gasteiger partial charge in [-0.1, -0.05) is 78.9 Å². The lowest BCUT2D eigenvalue weighted by Gasteiger charge is -2.06. The third kappa shape index (κ3) is 4.71. The Hall–Kier alpha value is -4.29. The number of rotatable bonds is 7. The number of nitrogens with zero attached hydrogens (tertiary/aromatic N) is 2. The van der Waals surface area contributed by atoms with Crippen LogP contribution in [-0.4, -0.2) is 21.5 Å². The SMILES string of the molecule is NNC(=O)/C(=C/c1cn(-c2ccccc2)nc1-c1ccccc1)CC(=O)c1ccccc1. The van der Waals surface area contributed by atoms with Gasteiger partial charge in [0.1, 0.15) is 0 Å². The topological polar surface area (TPSA) is 90.0 Å². The van der Waals surface area contributed by atoms with Crippen molar-refractivity contribution in [1.82, 2.24) is 15.2 Å². The van der Waals surface area contributed by atoms with E-state index < -0.39 is 5.91 Å². The Morgan fingerprint density at radius 2 is 1.47 bits per heavy atom. The van der Waals surface area contributed by atoms with Gasteiger partial charge in [-0.2, -0.15) is 5.10 Å². The van der Waals surface area contributed by atoms with E-state index in [9.17, 15) is 9.59 Å². The number of carbonyl (C=O) groups is 2. The lowest BCUT2D eigenvalue weighted by molar-refractivity contribution is -0.117. The standard InChI is InChI=1S/C26H22N4O2/c27-28-26(32)21(17-24(31)19-10-4-1-5-11-19)16-22-18-30(23-14-8-3-9-15-23)29-25(22)20-12-6-2-7-13-20/h1-16,18H,17,27H2,(H,28,32)/b21-16+. The van der Waals surface area contributed by atoms with Crippen molar-refractivity contribution in [1.29, 1.82) is 0 Å². The molecule has 158 valence electrons. The van der Waals surface area contributed by atoms with Crippen LogP contribution in [0.2, 0.25) is 0 Å². The first-order valence-corrected chi connectivity index (χ1v) is 10.2. The summed E-state index contributed by atoms with van der Waals surface area (Å²) in [5, 5.41) is 4.75. The van der Waals surface area contributed by atoms with E-state index in [4.69, 9.17) is 10.9 Å². The van der Waals surface area contributed by atoms with Crippen LogP contribution in [0.4, 0.5) is 0 Å². The van der Waals surface area contributed by atoms with Crippen LogP contribution in [0.25, 0.3) is 23.0 Å². The maximum absolute atomic E-state index is 12.8. The van der Waals surface area contributed by atoms with Crippen LogP contribution in [-0.2, 0) is 4.79 Å². The summed E-state index contributed by atoms with van der Waals surface area (Å²) in [5.41, 5.74) is 6.13. The van der Waals surface area contributed by atoms with Crippen molar-refractivity contribution in [3.8, 4) is 16.9 Å². The van der Waals surface area contributed by atoms with Gasteiger partial charge in [0.15, 0.2) is 5.78 Å². The Balaban J connectivity index is 1.78. The number of ketones is 1. The minimum Gasteiger partial charge on any atom is -0.294 e. The summed E-state index contributed by atoms with van der Waals surface area (Å²) in [6.45, 7) is 0. The van der Waals surface area contributed by atoms with E-state index in [0.29, 0.717) is 16.8 Å². The summed E-state index contributed by atoms with van der Waals surface area (Å²) in [6, 6.07) is 28.2.